The Hall–Kier alpha value is -1.50. The lowest BCUT2D eigenvalue weighted by atomic mass is 10.1. The maximum Gasteiger partial charge on any atom is 0.262 e. The van der Waals surface area contributed by atoms with Crippen LogP contribution in [0.15, 0.2) is 22.3 Å². The standard InChI is InChI=1S/C20H27N3OS2/c1-6-22(7-2)10-11-23-18(13(3)4)21-19-17(20(23)24)16(14(5)26-19)15-9-8-12-25-15/h8-9,12-13H,6-7,10-11H2,1-5H3. The van der Waals surface area contributed by atoms with Crippen molar-refractivity contribution >= 4 is 32.9 Å². The molecule has 140 valence electrons. The van der Waals surface area contributed by atoms with Crippen molar-refractivity contribution in [3.63, 3.8) is 0 Å². The zero-order valence-corrected chi connectivity index (χ0v) is 17.8. The highest BCUT2D eigenvalue weighted by molar-refractivity contribution is 7.20. The fourth-order valence-electron chi connectivity index (χ4n) is 3.37. The van der Waals surface area contributed by atoms with Crippen molar-refractivity contribution in [2.24, 2.45) is 0 Å². The summed E-state index contributed by atoms with van der Waals surface area (Å²) in [6, 6.07) is 4.13. The molecule has 3 heterocycles. The van der Waals surface area contributed by atoms with Gasteiger partial charge in [0.1, 0.15) is 10.7 Å². The molecule has 0 aliphatic carbocycles. The first kappa shape index (κ1) is 19.3. The second kappa shape index (κ2) is 8.03. The van der Waals surface area contributed by atoms with E-state index in [1.54, 1.807) is 22.7 Å². The molecule has 0 saturated carbocycles. The number of fused-ring (bicyclic) bond motifs is 1. The largest absolute Gasteiger partial charge is 0.302 e. The van der Waals surface area contributed by atoms with Gasteiger partial charge in [-0.3, -0.25) is 9.36 Å². The van der Waals surface area contributed by atoms with Crippen molar-refractivity contribution in [1.82, 2.24) is 14.5 Å². The Morgan fingerprint density at radius 2 is 2.00 bits per heavy atom. The number of nitrogens with zero attached hydrogens (tertiary/aromatic N) is 3. The lowest BCUT2D eigenvalue weighted by Gasteiger charge is -2.21. The van der Waals surface area contributed by atoms with E-state index in [1.807, 2.05) is 10.6 Å². The quantitative estimate of drug-likeness (QED) is 0.573. The van der Waals surface area contributed by atoms with Gasteiger partial charge in [0.05, 0.1) is 5.39 Å². The second-order valence-corrected chi connectivity index (χ2v) is 8.95. The summed E-state index contributed by atoms with van der Waals surface area (Å²) in [4.78, 5) is 24.0. The van der Waals surface area contributed by atoms with E-state index in [0.717, 1.165) is 46.1 Å². The molecule has 26 heavy (non-hydrogen) atoms. The summed E-state index contributed by atoms with van der Waals surface area (Å²) in [5.74, 6) is 1.12. The van der Waals surface area contributed by atoms with E-state index in [2.05, 4.69) is 51.0 Å². The van der Waals surface area contributed by atoms with Crippen LogP contribution in [0.1, 0.15) is 44.3 Å². The van der Waals surface area contributed by atoms with Gasteiger partial charge >= 0.3 is 0 Å². The molecule has 0 radical (unpaired) electrons. The molecule has 0 aliphatic heterocycles. The minimum Gasteiger partial charge on any atom is -0.302 e. The molecular weight excluding hydrogens is 362 g/mol. The van der Waals surface area contributed by atoms with Crippen molar-refractivity contribution in [2.45, 2.75) is 47.1 Å². The molecule has 0 aliphatic rings. The Morgan fingerprint density at radius 1 is 1.27 bits per heavy atom. The maximum absolute atomic E-state index is 13.5. The first-order valence-electron chi connectivity index (χ1n) is 9.27. The van der Waals surface area contributed by atoms with Gasteiger partial charge in [0, 0.05) is 34.3 Å². The third-order valence-corrected chi connectivity index (χ3v) is 6.72. The number of aryl methyl sites for hydroxylation is 1. The predicted molar refractivity (Wildman–Crippen MR) is 114 cm³/mol. The Morgan fingerprint density at radius 3 is 2.58 bits per heavy atom. The summed E-state index contributed by atoms with van der Waals surface area (Å²) in [6.07, 6.45) is 0. The molecule has 0 atom stereocenters. The van der Waals surface area contributed by atoms with Crippen LogP contribution in [0.2, 0.25) is 0 Å². The van der Waals surface area contributed by atoms with Crippen LogP contribution >= 0.6 is 22.7 Å². The molecule has 0 saturated heterocycles. The topological polar surface area (TPSA) is 38.1 Å². The van der Waals surface area contributed by atoms with Gasteiger partial charge in [-0.25, -0.2) is 4.98 Å². The molecule has 3 rings (SSSR count). The highest BCUT2D eigenvalue weighted by Crippen LogP contribution is 2.38. The Bertz CT molecular complexity index is 934. The molecule has 0 amide bonds. The van der Waals surface area contributed by atoms with Gasteiger partial charge < -0.3 is 4.90 Å². The molecule has 6 heteroatoms. The Kier molecular flexibility index (Phi) is 5.95. The SMILES string of the molecule is CCN(CC)CCn1c(C(C)C)nc2sc(C)c(-c3cccs3)c2c1=O. The summed E-state index contributed by atoms with van der Waals surface area (Å²) in [5, 5.41) is 2.85. The van der Waals surface area contributed by atoms with E-state index in [-0.39, 0.29) is 11.5 Å². The van der Waals surface area contributed by atoms with Crippen LogP contribution in [0.4, 0.5) is 0 Å². The smallest absolute Gasteiger partial charge is 0.262 e. The van der Waals surface area contributed by atoms with Gasteiger partial charge in [0.2, 0.25) is 0 Å². The van der Waals surface area contributed by atoms with Crippen LogP contribution in [-0.2, 0) is 6.54 Å². The molecule has 0 aromatic carbocycles. The first-order valence-corrected chi connectivity index (χ1v) is 11.0. The van der Waals surface area contributed by atoms with Gasteiger partial charge in [-0.15, -0.1) is 22.7 Å². The summed E-state index contributed by atoms with van der Waals surface area (Å²) in [6.45, 7) is 14.2. The fourth-order valence-corrected chi connectivity index (χ4v) is 5.30. The molecule has 0 fully saturated rings. The minimum absolute atomic E-state index is 0.110. The van der Waals surface area contributed by atoms with Crippen molar-refractivity contribution < 1.29 is 0 Å². The highest BCUT2D eigenvalue weighted by atomic mass is 32.1. The van der Waals surface area contributed by atoms with Crippen molar-refractivity contribution in [3.8, 4) is 10.4 Å². The lowest BCUT2D eigenvalue weighted by Crippen LogP contribution is -2.33. The summed E-state index contributed by atoms with van der Waals surface area (Å²) in [5.41, 5.74) is 1.18. The number of hydrogen-bond donors (Lipinski definition) is 0. The van der Waals surface area contributed by atoms with E-state index in [1.165, 1.54) is 4.88 Å². The van der Waals surface area contributed by atoms with Crippen molar-refractivity contribution in [3.05, 3.63) is 38.6 Å². The number of likely N-dealkylation sites (N-methyl/N-ethyl adjacent to an activating group) is 1. The summed E-state index contributed by atoms with van der Waals surface area (Å²) < 4.78 is 1.91. The predicted octanol–water partition coefficient (Wildman–Crippen LogP) is 4.96. The third-order valence-electron chi connectivity index (χ3n) is 4.84. The Balaban J connectivity index is 2.19. The van der Waals surface area contributed by atoms with Crippen LogP contribution in [0, 0.1) is 6.92 Å². The van der Waals surface area contributed by atoms with Crippen molar-refractivity contribution in [1.29, 1.82) is 0 Å². The van der Waals surface area contributed by atoms with E-state index in [4.69, 9.17) is 4.98 Å². The number of hydrogen-bond acceptors (Lipinski definition) is 5. The first-order chi connectivity index (χ1) is 12.5. The molecule has 0 spiro atoms. The van der Waals surface area contributed by atoms with Crippen LogP contribution in [0.25, 0.3) is 20.7 Å². The second-order valence-electron chi connectivity index (χ2n) is 6.80. The van der Waals surface area contributed by atoms with Crippen molar-refractivity contribution in [2.75, 3.05) is 19.6 Å². The molecule has 0 unspecified atom stereocenters. The lowest BCUT2D eigenvalue weighted by molar-refractivity contribution is 0.286. The molecule has 0 N–H and O–H groups in total. The molecule has 0 bridgehead atoms. The van der Waals surface area contributed by atoms with E-state index < -0.39 is 0 Å². The average molecular weight is 390 g/mol. The van der Waals surface area contributed by atoms with Gasteiger partial charge in [0.15, 0.2) is 0 Å². The van der Waals surface area contributed by atoms with Gasteiger partial charge in [-0.1, -0.05) is 33.8 Å². The van der Waals surface area contributed by atoms with E-state index >= 15 is 0 Å². The maximum atomic E-state index is 13.5. The van der Waals surface area contributed by atoms with E-state index in [0.29, 0.717) is 6.54 Å². The number of aromatic nitrogens is 2. The van der Waals surface area contributed by atoms with Gasteiger partial charge in [-0.05, 0) is 31.5 Å². The van der Waals surface area contributed by atoms with Crippen LogP contribution < -0.4 is 5.56 Å². The third kappa shape index (κ3) is 3.50. The number of rotatable bonds is 7. The molecule has 4 nitrogen and oxygen atoms in total. The van der Waals surface area contributed by atoms with Gasteiger partial charge in [-0.2, -0.15) is 0 Å². The molecular formula is C20H27N3OS2. The zero-order chi connectivity index (χ0) is 18.8. The molecule has 3 aromatic heterocycles. The number of thiophene rings is 2. The van der Waals surface area contributed by atoms with E-state index in [9.17, 15) is 4.79 Å². The summed E-state index contributed by atoms with van der Waals surface area (Å²) in [7, 11) is 0. The zero-order valence-electron chi connectivity index (χ0n) is 16.2. The minimum atomic E-state index is 0.110. The van der Waals surface area contributed by atoms with Gasteiger partial charge in [0.25, 0.3) is 5.56 Å². The Labute approximate surface area is 163 Å². The molecule has 3 aromatic rings. The summed E-state index contributed by atoms with van der Waals surface area (Å²) >= 11 is 3.32. The van der Waals surface area contributed by atoms with Crippen LogP contribution in [0.3, 0.4) is 0 Å². The monoisotopic (exact) mass is 389 g/mol. The average Bonchev–Trinajstić information content (AvgIpc) is 3.23. The normalized spacial score (nSPS) is 12.0. The van der Waals surface area contributed by atoms with Crippen LogP contribution in [0.5, 0.6) is 0 Å². The van der Waals surface area contributed by atoms with Crippen LogP contribution in [-0.4, -0.2) is 34.1 Å². The fraction of sp³-hybridized carbons (Fsp3) is 0.500. The highest BCUT2D eigenvalue weighted by Gasteiger charge is 2.21.